The summed E-state index contributed by atoms with van der Waals surface area (Å²) in [6.07, 6.45) is 4.43. The van der Waals surface area contributed by atoms with Crippen molar-refractivity contribution in [1.29, 1.82) is 0 Å². The topological polar surface area (TPSA) is 35.9 Å². The Morgan fingerprint density at radius 1 is 0.597 bits per heavy atom. The van der Waals surface area contributed by atoms with Crippen molar-refractivity contribution in [2.75, 3.05) is 0 Å². The van der Waals surface area contributed by atoms with Gasteiger partial charge in [-0.05, 0) is 81.4 Å². The molecule has 0 radical (unpaired) electrons. The summed E-state index contributed by atoms with van der Waals surface area (Å²) in [6.45, 7) is -5.54. The van der Waals surface area contributed by atoms with Gasteiger partial charge in [0.15, 0.2) is 0 Å². The Morgan fingerprint density at radius 3 is 2.06 bits per heavy atom. The summed E-state index contributed by atoms with van der Waals surface area (Å²) in [4.78, 5) is 4.53. The van der Waals surface area contributed by atoms with Crippen LogP contribution < -0.4 is 9.30 Å². The van der Waals surface area contributed by atoms with Crippen molar-refractivity contribution in [2.45, 2.75) is 13.7 Å². The van der Waals surface area contributed by atoms with Gasteiger partial charge in [-0.25, -0.2) is 4.98 Å². The van der Waals surface area contributed by atoms with Crippen molar-refractivity contribution in [1.82, 2.24) is 14.1 Å². The molecule has 0 N–H and O–H groups in total. The van der Waals surface area contributed by atoms with E-state index in [4.69, 9.17) is 26.7 Å². The van der Waals surface area contributed by atoms with Crippen molar-refractivity contribution in [2.24, 2.45) is 0 Å². The Morgan fingerprint density at radius 2 is 1.31 bits per heavy atom. The minimum absolute atomic E-state index is 0. The van der Waals surface area contributed by atoms with E-state index < -0.39 is 74.1 Å². The largest absolute Gasteiger partial charge is 0.510 e. The van der Waals surface area contributed by atoms with Crippen molar-refractivity contribution in [3.8, 4) is 62.1 Å². The molecule has 11 aromatic rings. The number of aryl methyl sites for hydroxylation is 2. The van der Waals surface area contributed by atoms with Crippen LogP contribution in [0.4, 0.5) is 0 Å². The maximum absolute atomic E-state index is 9.01. The molecule has 3 heterocycles. The number of ether oxygens (including phenoxy) is 1. The monoisotopic (exact) mass is 993 g/mol. The maximum atomic E-state index is 9.01. The summed E-state index contributed by atoms with van der Waals surface area (Å²) in [5, 5.41) is 1.49. The van der Waals surface area contributed by atoms with Gasteiger partial charge in [-0.2, -0.15) is 18.2 Å². The number of imidazole rings is 1. The normalized spacial score (nSPS) is 15.4. The zero-order chi connectivity index (χ0) is 54.6. The Balaban J connectivity index is 0.00000688. The van der Waals surface area contributed by atoms with Gasteiger partial charge >= 0.3 is 0 Å². The van der Waals surface area contributed by atoms with E-state index >= 15 is 0 Å². The second kappa shape index (κ2) is 16.3. The number of hydrogen-bond acceptors (Lipinski definition) is 2. The Hall–Kier alpha value is -7.33. The standard InChI is InChI=1S/C56H38N4O.Pt/c1-38-32-55(57-36-39(38)2)60-51-31-28-43(40-16-6-3-7-17-40)33-50(51)49-30-29-46(35-54(49)60)61-45-23-14-22-44(34-45)58-37-59(53-27-13-12-26-52(53)58)56-47(41-18-8-4-9-19-41)24-15-25-48(56)42-20-10-5-11-21-42;/h3-33,36H,1-2H3;/q-2;/i1D3,2D3,4D,5D,8D,9D,10D,11D,18D,19D,20D,21D;. The van der Waals surface area contributed by atoms with Crippen molar-refractivity contribution >= 4 is 32.8 Å². The average molecular weight is 994 g/mol. The van der Waals surface area contributed by atoms with E-state index in [9.17, 15) is 0 Å². The Kier molecular flexibility index (Phi) is 6.51. The van der Waals surface area contributed by atoms with E-state index in [1.54, 1.807) is 74.4 Å². The number of benzene rings is 8. The third-order valence-electron chi connectivity index (χ3n) is 10.5. The summed E-state index contributed by atoms with van der Waals surface area (Å²) in [5.74, 6) is 0.583. The minimum atomic E-state index is -2.79. The fourth-order valence-electron chi connectivity index (χ4n) is 7.70. The van der Waals surface area contributed by atoms with Crippen LogP contribution in [0.15, 0.2) is 194 Å². The predicted molar refractivity (Wildman–Crippen MR) is 246 cm³/mol. The Bertz CT molecular complexity index is 4100. The second-order valence-electron chi connectivity index (χ2n) is 14.1. The molecule has 5 nitrogen and oxygen atoms in total. The number of fused-ring (bicyclic) bond motifs is 4. The molecule has 0 unspecified atom stereocenters. The van der Waals surface area contributed by atoms with E-state index in [1.807, 2.05) is 54.6 Å². The van der Waals surface area contributed by atoms with Crippen molar-refractivity contribution < 1.29 is 52.3 Å². The number of nitrogens with zero attached hydrogens (tertiary/aromatic N) is 4. The van der Waals surface area contributed by atoms with Crippen LogP contribution in [0.3, 0.4) is 0 Å². The van der Waals surface area contributed by atoms with Gasteiger partial charge in [0, 0.05) is 52.5 Å². The number of pyridine rings is 1. The van der Waals surface area contributed by atoms with Crippen LogP contribution in [0.2, 0.25) is 0 Å². The number of aromatic nitrogens is 4. The number of rotatable bonds is 8. The molecule has 0 aliphatic rings. The van der Waals surface area contributed by atoms with Gasteiger partial charge in [-0.1, -0.05) is 151 Å². The zero-order valence-electron chi connectivity index (χ0n) is 48.2. The summed E-state index contributed by atoms with van der Waals surface area (Å²) in [5.41, 5.74) is 3.51. The quantitative estimate of drug-likeness (QED) is 0.112. The molecule has 62 heavy (non-hydrogen) atoms. The molecule has 0 fully saturated rings. The van der Waals surface area contributed by atoms with Crippen LogP contribution in [0.1, 0.15) is 33.1 Å². The predicted octanol–water partition coefficient (Wildman–Crippen LogP) is 13.2. The first-order valence-electron chi connectivity index (χ1n) is 27.1. The molecule has 0 amide bonds. The molecule has 8 aromatic carbocycles. The van der Waals surface area contributed by atoms with Crippen molar-refractivity contribution in [3.05, 3.63) is 224 Å². The van der Waals surface area contributed by atoms with E-state index in [2.05, 4.69) is 23.4 Å². The zero-order valence-corrected chi connectivity index (χ0v) is 34.5. The van der Waals surface area contributed by atoms with Crippen LogP contribution in [-0.2, 0) is 21.1 Å². The molecule has 0 aliphatic heterocycles. The van der Waals surface area contributed by atoms with Gasteiger partial charge in [0.05, 0.1) is 30.4 Å². The summed E-state index contributed by atoms with van der Waals surface area (Å²) >= 11 is 0. The fraction of sp³-hybridized carbons (Fsp3) is 0.0357. The molecule has 0 atom stereocenters. The maximum Gasteiger partial charge on any atom is 0.268 e. The van der Waals surface area contributed by atoms with Gasteiger partial charge in [0.1, 0.15) is 5.82 Å². The molecule has 6 heteroatoms. The van der Waals surface area contributed by atoms with Crippen LogP contribution in [0.25, 0.3) is 83.4 Å². The van der Waals surface area contributed by atoms with E-state index in [0.29, 0.717) is 33.1 Å². The fourth-order valence-corrected chi connectivity index (χ4v) is 7.70. The molecule has 0 spiro atoms. The van der Waals surface area contributed by atoms with E-state index in [-0.39, 0.29) is 77.5 Å². The SMILES string of the molecule is [2H]c1c([2H])c([2H])c(-c2cccc(-c3c([2H])c([2H])c([2H])c([2H])c3[2H])c2-[n+]2[c-]n(-c3[c-]c(Oc4[c-]c5c(cc4)c4cc(-c6ccccc6)ccc4n5-c4cc(C([2H])([2H])[2H])c(C([2H])([2H])[2H])cn4)ccc3)c3ccccc32)c([2H])c1[2H].[Pt]. The second-order valence-corrected chi connectivity index (χ2v) is 14.1. The van der Waals surface area contributed by atoms with E-state index in [0.717, 1.165) is 22.7 Å². The van der Waals surface area contributed by atoms with Crippen LogP contribution in [0.5, 0.6) is 11.5 Å². The first-order valence-corrected chi connectivity index (χ1v) is 19.1. The number of para-hydroxylation sites is 3. The molecule has 0 bridgehead atoms. The minimum Gasteiger partial charge on any atom is -0.510 e. The average Bonchev–Trinajstić information content (AvgIpc) is 4.11. The smallest absolute Gasteiger partial charge is 0.268 e. The molecule has 0 saturated heterocycles. The molecule has 3 aromatic heterocycles. The third kappa shape index (κ3) is 6.91. The van der Waals surface area contributed by atoms with Gasteiger partial charge < -0.3 is 13.9 Å². The summed E-state index contributed by atoms with van der Waals surface area (Å²) in [7, 11) is 0. The van der Waals surface area contributed by atoms with Crippen LogP contribution in [-0.4, -0.2) is 14.1 Å². The third-order valence-corrected chi connectivity index (χ3v) is 10.5. The van der Waals surface area contributed by atoms with Gasteiger partial charge in [-0.3, -0.25) is 4.57 Å². The van der Waals surface area contributed by atoms with Crippen LogP contribution in [0, 0.1) is 32.2 Å². The van der Waals surface area contributed by atoms with Gasteiger partial charge in [-0.15, -0.1) is 29.7 Å². The molecular weight excluding hydrogens is 940 g/mol. The summed E-state index contributed by atoms with van der Waals surface area (Å²) in [6, 6.07) is 38.3. The first kappa shape index (κ1) is 24.8. The van der Waals surface area contributed by atoms with E-state index in [1.165, 1.54) is 12.1 Å². The molecular formula is C56H38N4OPt-2. The molecule has 0 saturated carbocycles. The first-order chi connectivity index (χ1) is 36.6. The number of hydrogen-bond donors (Lipinski definition) is 0. The molecule has 300 valence electrons. The van der Waals surface area contributed by atoms with Crippen molar-refractivity contribution in [3.63, 3.8) is 0 Å². The van der Waals surface area contributed by atoms with Gasteiger partial charge in [0.25, 0.3) is 6.33 Å². The Labute approximate surface area is 397 Å². The van der Waals surface area contributed by atoms with Crippen LogP contribution >= 0.6 is 0 Å². The van der Waals surface area contributed by atoms with Gasteiger partial charge in [0.2, 0.25) is 0 Å². The molecule has 0 aliphatic carbocycles. The molecule has 11 rings (SSSR count). The summed E-state index contributed by atoms with van der Waals surface area (Å²) < 4.78 is 148.